The maximum absolute atomic E-state index is 11.4. The molecule has 0 aromatic heterocycles. The number of morpholine rings is 1. The summed E-state index contributed by atoms with van der Waals surface area (Å²) < 4.78 is 5.47. The van der Waals surface area contributed by atoms with Crippen molar-refractivity contribution in [3.8, 4) is 11.8 Å². The van der Waals surface area contributed by atoms with Crippen LogP contribution in [0.15, 0.2) is 0 Å². The van der Waals surface area contributed by atoms with Gasteiger partial charge in [0.15, 0.2) is 0 Å². The lowest BCUT2D eigenvalue weighted by molar-refractivity contribution is -0.132. The molecule has 4 nitrogen and oxygen atoms in total. The Bertz CT molecular complexity index is 253. The van der Waals surface area contributed by atoms with E-state index in [4.69, 9.17) is 4.74 Å². The highest BCUT2D eigenvalue weighted by molar-refractivity contribution is 5.93. The van der Waals surface area contributed by atoms with Gasteiger partial charge in [0.25, 0.3) is 5.91 Å². The molecule has 1 fully saturated rings. The van der Waals surface area contributed by atoms with Gasteiger partial charge in [-0.25, -0.2) is 0 Å². The van der Waals surface area contributed by atoms with Gasteiger partial charge in [0, 0.05) is 19.6 Å². The number of carbonyl (C=O) groups is 1. The van der Waals surface area contributed by atoms with Gasteiger partial charge in [-0.3, -0.25) is 4.79 Å². The van der Waals surface area contributed by atoms with Crippen molar-refractivity contribution < 1.29 is 9.53 Å². The summed E-state index contributed by atoms with van der Waals surface area (Å²) in [5.41, 5.74) is 0. The van der Waals surface area contributed by atoms with Crippen LogP contribution in [-0.2, 0) is 9.53 Å². The lowest BCUT2D eigenvalue weighted by Crippen LogP contribution is -2.48. The standard InChI is InChI=1S/C10H16N2O2/c1-3-4-10(13)12-5-6-14-9(8-12)7-11-2/h9,11H,5-8H2,1-2H3. The first-order valence-corrected chi connectivity index (χ1v) is 4.75. The minimum absolute atomic E-state index is 0.0938. The first kappa shape index (κ1) is 11.0. The van der Waals surface area contributed by atoms with E-state index >= 15 is 0 Å². The van der Waals surface area contributed by atoms with Gasteiger partial charge >= 0.3 is 0 Å². The van der Waals surface area contributed by atoms with Crippen LogP contribution in [0.3, 0.4) is 0 Å². The maximum atomic E-state index is 11.4. The maximum Gasteiger partial charge on any atom is 0.298 e. The van der Waals surface area contributed by atoms with Crippen LogP contribution in [0, 0.1) is 11.8 Å². The first-order chi connectivity index (χ1) is 6.77. The predicted molar refractivity (Wildman–Crippen MR) is 53.7 cm³/mol. The van der Waals surface area contributed by atoms with E-state index in [1.165, 1.54) is 0 Å². The van der Waals surface area contributed by atoms with Crippen LogP contribution in [0.2, 0.25) is 0 Å². The summed E-state index contributed by atoms with van der Waals surface area (Å²) in [6.45, 7) is 4.32. The Balaban J connectivity index is 2.45. The van der Waals surface area contributed by atoms with Gasteiger partial charge in [-0.15, -0.1) is 0 Å². The van der Waals surface area contributed by atoms with Crippen LogP contribution in [0.5, 0.6) is 0 Å². The van der Waals surface area contributed by atoms with Gasteiger partial charge in [0.05, 0.1) is 12.7 Å². The van der Waals surface area contributed by atoms with E-state index in [1.807, 2.05) is 7.05 Å². The Morgan fingerprint density at radius 1 is 1.71 bits per heavy atom. The summed E-state index contributed by atoms with van der Waals surface area (Å²) in [7, 11) is 1.87. The number of amides is 1. The summed E-state index contributed by atoms with van der Waals surface area (Å²) in [5, 5.41) is 3.03. The Morgan fingerprint density at radius 3 is 3.14 bits per heavy atom. The van der Waals surface area contributed by atoms with Crippen molar-refractivity contribution in [3.63, 3.8) is 0 Å². The fraction of sp³-hybridized carbons (Fsp3) is 0.700. The van der Waals surface area contributed by atoms with Crippen molar-refractivity contribution in [3.05, 3.63) is 0 Å². The Hall–Kier alpha value is -1.05. The largest absolute Gasteiger partial charge is 0.373 e. The molecule has 1 saturated heterocycles. The molecule has 1 heterocycles. The molecule has 0 bridgehead atoms. The van der Waals surface area contributed by atoms with Gasteiger partial charge in [0.2, 0.25) is 0 Å². The average Bonchev–Trinajstić information content (AvgIpc) is 2.19. The number of hydrogen-bond donors (Lipinski definition) is 1. The molecule has 1 unspecified atom stereocenters. The van der Waals surface area contributed by atoms with Crippen molar-refractivity contribution in [2.45, 2.75) is 13.0 Å². The van der Waals surface area contributed by atoms with E-state index in [-0.39, 0.29) is 12.0 Å². The zero-order valence-electron chi connectivity index (χ0n) is 8.67. The van der Waals surface area contributed by atoms with Crippen molar-refractivity contribution in [1.29, 1.82) is 0 Å². The molecule has 0 aromatic carbocycles. The van der Waals surface area contributed by atoms with Crippen LogP contribution in [0.1, 0.15) is 6.92 Å². The highest BCUT2D eigenvalue weighted by Gasteiger charge is 2.22. The summed E-state index contributed by atoms with van der Waals surface area (Å²) >= 11 is 0. The SMILES string of the molecule is CC#CC(=O)N1CCOC(CNC)C1. The Labute approximate surface area is 84.6 Å². The molecule has 0 aliphatic carbocycles. The van der Waals surface area contributed by atoms with Gasteiger partial charge < -0.3 is 15.0 Å². The zero-order valence-corrected chi connectivity index (χ0v) is 8.67. The number of ether oxygens (including phenoxy) is 1. The summed E-state index contributed by atoms with van der Waals surface area (Å²) in [6.07, 6.45) is 0.0938. The van der Waals surface area contributed by atoms with Crippen LogP contribution in [0.4, 0.5) is 0 Å². The minimum Gasteiger partial charge on any atom is -0.373 e. The summed E-state index contributed by atoms with van der Waals surface area (Å²) in [5.74, 6) is 5.05. The molecule has 1 atom stereocenters. The van der Waals surface area contributed by atoms with Gasteiger partial charge in [0.1, 0.15) is 0 Å². The molecule has 78 valence electrons. The van der Waals surface area contributed by atoms with Gasteiger partial charge in [-0.2, -0.15) is 0 Å². The van der Waals surface area contributed by atoms with Gasteiger partial charge in [-0.1, -0.05) is 5.92 Å². The molecule has 0 aromatic rings. The smallest absolute Gasteiger partial charge is 0.298 e. The van der Waals surface area contributed by atoms with Crippen molar-refractivity contribution in [1.82, 2.24) is 10.2 Å². The number of likely N-dealkylation sites (N-methyl/N-ethyl adjacent to an activating group) is 1. The van der Waals surface area contributed by atoms with Gasteiger partial charge in [-0.05, 0) is 19.9 Å². The summed E-state index contributed by atoms with van der Waals surface area (Å²) in [6, 6.07) is 0. The van der Waals surface area contributed by atoms with Crippen molar-refractivity contribution >= 4 is 5.91 Å². The van der Waals surface area contributed by atoms with E-state index < -0.39 is 0 Å². The van der Waals surface area contributed by atoms with Crippen LogP contribution < -0.4 is 5.32 Å². The molecule has 14 heavy (non-hydrogen) atoms. The molecule has 1 N–H and O–H groups in total. The second kappa shape index (κ2) is 5.63. The average molecular weight is 196 g/mol. The number of nitrogens with zero attached hydrogens (tertiary/aromatic N) is 1. The topological polar surface area (TPSA) is 41.6 Å². The number of carbonyl (C=O) groups excluding carboxylic acids is 1. The molecule has 1 rings (SSSR count). The molecule has 0 spiro atoms. The molecule has 1 aliphatic rings. The number of rotatable bonds is 2. The quantitative estimate of drug-likeness (QED) is 0.603. The predicted octanol–water partition coefficient (Wildman–Crippen LogP) is -0.543. The first-order valence-electron chi connectivity index (χ1n) is 4.75. The number of nitrogens with one attached hydrogen (secondary N) is 1. The van der Waals surface area contributed by atoms with Crippen LogP contribution in [0.25, 0.3) is 0 Å². The monoisotopic (exact) mass is 196 g/mol. The zero-order chi connectivity index (χ0) is 10.4. The molecule has 4 heteroatoms. The highest BCUT2D eigenvalue weighted by atomic mass is 16.5. The lowest BCUT2D eigenvalue weighted by atomic mass is 10.2. The molecule has 0 radical (unpaired) electrons. The molecule has 1 aliphatic heterocycles. The Kier molecular flexibility index (Phi) is 4.44. The lowest BCUT2D eigenvalue weighted by Gasteiger charge is -2.31. The molecule has 1 amide bonds. The molecular formula is C10H16N2O2. The van der Waals surface area contributed by atoms with E-state index in [0.717, 1.165) is 6.54 Å². The molecule has 0 saturated carbocycles. The third-order valence-corrected chi connectivity index (χ3v) is 2.09. The second-order valence-corrected chi connectivity index (χ2v) is 3.18. The normalized spacial score (nSPS) is 21.3. The fourth-order valence-electron chi connectivity index (χ4n) is 1.44. The van der Waals surface area contributed by atoms with E-state index in [9.17, 15) is 4.79 Å². The van der Waals surface area contributed by atoms with E-state index in [0.29, 0.717) is 19.7 Å². The van der Waals surface area contributed by atoms with Crippen LogP contribution in [-0.4, -0.2) is 50.2 Å². The molecular weight excluding hydrogens is 180 g/mol. The van der Waals surface area contributed by atoms with Crippen molar-refractivity contribution in [2.75, 3.05) is 33.3 Å². The Morgan fingerprint density at radius 2 is 2.50 bits per heavy atom. The third-order valence-electron chi connectivity index (χ3n) is 2.09. The number of hydrogen-bond acceptors (Lipinski definition) is 3. The van der Waals surface area contributed by atoms with Crippen molar-refractivity contribution in [2.24, 2.45) is 0 Å². The summed E-state index contributed by atoms with van der Waals surface area (Å²) in [4.78, 5) is 13.2. The van der Waals surface area contributed by atoms with E-state index in [1.54, 1.807) is 11.8 Å². The van der Waals surface area contributed by atoms with E-state index in [2.05, 4.69) is 17.2 Å². The second-order valence-electron chi connectivity index (χ2n) is 3.18. The van der Waals surface area contributed by atoms with Crippen LogP contribution >= 0.6 is 0 Å². The third kappa shape index (κ3) is 3.02. The highest BCUT2D eigenvalue weighted by Crippen LogP contribution is 2.04. The fourth-order valence-corrected chi connectivity index (χ4v) is 1.44. The minimum atomic E-state index is -0.100.